The lowest BCUT2D eigenvalue weighted by molar-refractivity contribution is 0.530. The monoisotopic (exact) mass is 330 g/mol. The Bertz CT molecular complexity index is 585. The molecule has 0 spiro atoms. The first-order valence-corrected chi connectivity index (χ1v) is 9.30. The van der Waals surface area contributed by atoms with E-state index in [4.69, 9.17) is 11.6 Å². The minimum atomic E-state index is -3.48. The highest BCUT2D eigenvalue weighted by Crippen LogP contribution is 2.33. The van der Waals surface area contributed by atoms with E-state index in [2.05, 4.69) is 10.0 Å². The van der Waals surface area contributed by atoms with Gasteiger partial charge in [-0.25, -0.2) is 13.1 Å². The van der Waals surface area contributed by atoms with Gasteiger partial charge >= 0.3 is 0 Å². The minimum absolute atomic E-state index is 0.0320. The molecule has 118 valence electrons. The molecule has 1 fully saturated rings. The molecule has 6 heteroatoms. The average molecular weight is 331 g/mol. The van der Waals surface area contributed by atoms with Gasteiger partial charge in [0.15, 0.2) is 0 Å². The van der Waals surface area contributed by atoms with Crippen molar-refractivity contribution >= 4 is 21.6 Å². The van der Waals surface area contributed by atoms with Crippen LogP contribution in [-0.2, 0) is 16.6 Å². The Morgan fingerprint density at radius 2 is 2.10 bits per heavy atom. The van der Waals surface area contributed by atoms with E-state index < -0.39 is 10.0 Å². The van der Waals surface area contributed by atoms with Crippen LogP contribution < -0.4 is 10.0 Å². The standard InChI is InChI=1S/C15H23ClN2O2S/c1-3-17-10-13-9-14(6-7-15(13)16)21(19,20)18-11(2)8-12-4-5-12/h6-7,9,11-12,17-18H,3-5,8,10H2,1-2H3. The van der Waals surface area contributed by atoms with Crippen LogP contribution in [0.2, 0.25) is 5.02 Å². The van der Waals surface area contributed by atoms with Crippen LogP contribution in [0.5, 0.6) is 0 Å². The van der Waals surface area contributed by atoms with Crippen molar-refractivity contribution in [1.82, 2.24) is 10.0 Å². The van der Waals surface area contributed by atoms with Crippen molar-refractivity contribution in [2.75, 3.05) is 6.54 Å². The number of benzene rings is 1. The largest absolute Gasteiger partial charge is 0.313 e. The van der Waals surface area contributed by atoms with Crippen LogP contribution in [0.3, 0.4) is 0 Å². The van der Waals surface area contributed by atoms with E-state index in [1.54, 1.807) is 18.2 Å². The summed E-state index contributed by atoms with van der Waals surface area (Å²) in [6.45, 7) is 5.29. The lowest BCUT2D eigenvalue weighted by atomic mass is 10.2. The van der Waals surface area contributed by atoms with E-state index in [-0.39, 0.29) is 10.9 Å². The molecule has 21 heavy (non-hydrogen) atoms. The fraction of sp³-hybridized carbons (Fsp3) is 0.600. The smallest absolute Gasteiger partial charge is 0.240 e. The highest BCUT2D eigenvalue weighted by atomic mass is 35.5. The lowest BCUT2D eigenvalue weighted by Crippen LogP contribution is -2.33. The lowest BCUT2D eigenvalue weighted by Gasteiger charge is -2.15. The van der Waals surface area contributed by atoms with Gasteiger partial charge in [-0.05, 0) is 49.6 Å². The van der Waals surface area contributed by atoms with Crippen LogP contribution in [0.25, 0.3) is 0 Å². The second-order valence-electron chi connectivity index (χ2n) is 5.73. The molecular weight excluding hydrogens is 308 g/mol. The summed E-state index contributed by atoms with van der Waals surface area (Å²) in [5, 5.41) is 3.74. The molecule has 2 N–H and O–H groups in total. The quantitative estimate of drug-likeness (QED) is 0.770. The molecule has 0 bridgehead atoms. The van der Waals surface area contributed by atoms with Crippen LogP contribution in [0.4, 0.5) is 0 Å². The van der Waals surface area contributed by atoms with E-state index in [1.807, 2.05) is 13.8 Å². The van der Waals surface area contributed by atoms with Gasteiger partial charge in [-0.15, -0.1) is 0 Å². The fourth-order valence-corrected chi connectivity index (χ4v) is 3.84. The summed E-state index contributed by atoms with van der Waals surface area (Å²) in [6.07, 6.45) is 3.36. The van der Waals surface area contributed by atoms with Crippen molar-refractivity contribution in [2.45, 2.75) is 50.6 Å². The molecule has 1 aromatic carbocycles. The Balaban J connectivity index is 2.10. The third kappa shape index (κ3) is 4.95. The molecule has 0 aliphatic heterocycles. The van der Waals surface area contributed by atoms with Crippen molar-refractivity contribution in [3.63, 3.8) is 0 Å². The summed E-state index contributed by atoms with van der Waals surface area (Å²) >= 11 is 6.11. The van der Waals surface area contributed by atoms with Crippen LogP contribution in [0, 0.1) is 5.92 Å². The van der Waals surface area contributed by atoms with E-state index in [9.17, 15) is 8.42 Å². The first-order valence-electron chi connectivity index (χ1n) is 7.44. The first-order chi connectivity index (χ1) is 9.92. The van der Waals surface area contributed by atoms with Gasteiger partial charge in [-0.2, -0.15) is 0 Å². The SMILES string of the molecule is CCNCc1cc(S(=O)(=O)NC(C)CC2CC2)ccc1Cl. The Kier molecular flexibility index (Phi) is 5.66. The highest BCUT2D eigenvalue weighted by molar-refractivity contribution is 7.89. The van der Waals surface area contributed by atoms with Crippen molar-refractivity contribution in [3.05, 3.63) is 28.8 Å². The van der Waals surface area contributed by atoms with Crippen molar-refractivity contribution in [3.8, 4) is 0 Å². The fourth-order valence-electron chi connectivity index (χ4n) is 2.35. The predicted molar refractivity (Wildman–Crippen MR) is 86.0 cm³/mol. The Labute approximate surface area is 132 Å². The number of sulfonamides is 1. The maximum absolute atomic E-state index is 12.4. The second kappa shape index (κ2) is 7.09. The minimum Gasteiger partial charge on any atom is -0.313 e. The molecule has 0 radical (unpaired) electrons. The maximum Gasteiger partial charge on any atom is 0.240 e. The van der Waals surface area contributed by atoms with E-state index in [1.165, 1.54) is 12.8 Å². The predicted octanol–water partition coefficient (Wildman–Crippen LogP) is 2.92. The van der Waals surface area contributed by atoms with Crippen molar-refractivity contribution in [1.29, 1.82) is 0 Å². The van der Waals surface area contributed by atoms with Crippen LogP contribution in [-0.4, -0.2) is 21.0 Å². The maximum atomic E-state index is 12.4. The zero-order chi connectivity index (χ0) is 15.5. The van der Waals surface area contributed by atoms with Crippen molar-refractivity contribution in [2.24, 2.45) is 5.92 Å². The molecule has 1 atom stereocenters. The average Bonchev–Trinajstić information content (AvgIpc) is 3.20. The normalized spacial score (nSPS) is 16.9. The number of nitrogens with one attached hydrogen (secondary N) is 2. The second-order valence-corrected chi connectivity index (χ2v) is 7.86. The van der Waals surface area contributed by atoms with Crippen LogP contribution >= 0.6 is 11.6 Å². The molecular formula is C15H23ClN2O2S. The molecule has 1 aliphatic carbocycles. The third-order valence-electron chi connectivity index (χ3n) is 3.63. The Morgan fingerprint density at radius 3 is 2.71 bits per heavy atom. The Hall–Kier alpha value is -0.620. The molecule has 0 amide bonds. The molecule has 0 heterocycles. The summed E-state index contributed by atoms with van der Waals surface area (Å²) in [7, 11) is -3.48. The topological polar surface area (TPSA) is 58.2 Å². The van der Waals surface area contributed by atoms with Gasteiger partial charge < -0.3 is 5.32 Å². The van der Waals surface area contributed by atoms with E-state index in [0.29, 0.717) is 17.5 Å². The molecule has 4 nitrogen and oxygen atoms in total. The zero-order valence-corrected chi connectivity index (χ0v) is 14.1. The van der Waals surface area contributed by atoms with E-state index in [0.717, 1.165) is 18.5 Å². The van der Waals surface area contributed by atoms with Gasteiger partial charge in [0.1, 0.15) is 0 Å². The van der Waals surface area contributed by atoms with Crippen LogP contribution in [0.1, 0.15) is 38.7 Å². The molecule has 0 saturated heterocycles. The summed E-state index contributed by atoms with van der Waals surface area (Å²) in [5.74, 6) is 0.692. The van der Waals surface area contributed by atoms with Gasteiger partial charge in [-0.1, -0.05) is 31.4 Å². The summed E-state index contributed by atoms with van der Waals surface area (Å²) < 4.78 is 27.6. The molecule has 1 aromatic rings. The van der Waals surface area contributed by atoms with E-state index >= 15 is 0 Å². The third-order valence-corrected chi connectivity index (χ3v) is 5.59. The van der Waals surface area contributed by atoms with Gasteiger partial charge in [-0.3, -0.25) is 0 Å². The molecule has 0 aromatic heterocycles. The summed E-state index contributed by atoms with van der Waals surface area (Å²) in [4.78, 5) is 0.280. The Morgan fingerprint density at radius 1 is 1.38 bits per heavy atom. The summed E-state index contributed by atoms with van der Waals surface area (Å²) in [5.41, 5.74) is 0.802. The molecule has 1 saturated carbocycles. The van der Waals surface area contributed by atoms with Crippen LogP contribution in [0.15, 0.2) is 23.1 Å². The number of halogens is 1. The molecule has 1 unspecified atom stereocenters. The first kappa shape index (κ1) is 16.7. The van der Waals surface area contributed by atoms with Gasteiger partial charge in [0.05, 0.1) is 4.90 Å². The number of hydrogen-bond acceptors (Lipinski definition) is 3. The van der Waals surface area contributed by atoms with Gasteiger partial charge in [0, 0.05) is 17.6 Å². The molecule has 1 aliphatic rings. The number of rotatable bonds is 8. The summed E-state index contributed by atoms with van der Waals surface area (Å²) in [6, 6.07) is 4.82. The van der Waals surface area contributed by atoms with Gasteiger partial charge in [0.25, 0.3) is 0 Å². The highest BCUT2D eigenvalue weighted by Gasteiger charge is 2.26. The number of hydrogen-bond donors (Lipinski definition) is 2. The van der Waals surface area contributed by atoms with Crippen molar-refractivity contribution < 1.29 is 8.42 Å². The molecule has 2 rings (SSSR count). The van der Waals surface area contributed by atoms with Gasteiger partial charge in [0.2, 0.25) is 10.0 Å². The zero-order valence-electron chi connectivity index (χ0n) is 12.5.